The first-order valence-electron chi connectivity index (χ1n) is 5.68. The average molecular weight is 236 g/mol. The van der Waals surface area contributed by atoms with Crippen molar-refractivity contribution < 1.29 is 0 Å². The van der Waals surface area contributed by atoms with E-state index < -0.39 is 0 Å². The van der Waals surface area contributed by atoms with Crippen LogP contribution in [0.3, 0.4) is 0 Å². The van der Waals surface area contributed by atoms with Crippen molar-refractivity contribution in [2.45, 2.75) is 18.8 Å². The zero-order valence-corrected chi connectivity index (χ0v) is 9.74. The highest BCUT2D eigenvalue weighted by atomic mass is 35.5. The molecule has 1 aliphatic heterocycles. The number of rotatable bonds is 1. The number of nitrogens with one attached hydrogen (secondary N) is 1. The number of pyridine rings is 1. The third-order valence-electron chi connectivity index (χ3n) is 3.17. The molecule has 3 heterocycles. The first-order valence-corrected chi connectivity index (χ1v) is 6.06. The van der Waals surface area contributed by atoms with Gasteiger partial charge >= 0.3 is 0 Å². The standard InChI is InChI=1S/C12H14ClN3/c13-10-4-2-6-16-8-11(15-12(10)16)9-3-1-5-14-7-9/h2,4,6,8-9,14H,1,3,5,7H2. The fourth-order valence-electron chi connectivity index (χ4n) is 2.30. The summed E-state index contributed by atoms with van der Waals surface area (Å²) in [5.41, 5.74) is 2.02. The van der Waals surface area contributed by atoms with E-state index in [9.17, 15) is 0 Å². The lowest BCUT2D eigenvalue weighted by Crippen LogP contribution is -2.28. The monoisotopic (exact) mass is 235 g/mol. The van der Waals surface area contributed by atoms with E-state index in [2.05, 4.69) is 16.5 Å². The number of fused-ring (bicyclic) bond motifs is 1. The van der Waals surface area contributed by atoms with Crippen LogP contribution < -0.4 is 5.32 Å². The van der Waals surface area contributed by atoms with Gasteiger partial charge < -0.3 is 9.72 Å². The van der Waals surface area contributed by atoms with E-state index in [-0.39, 0.29) is 0 Å². The van der Waals surface area contributed by atoms with Crippen LogP contribution >= 0.6 is 11.6 Å². The predicted molar refractivity (Wildman–Crippen MR) is 65.0 cm³/mol. The molecule has 0 amide bonds. The van der Waals surface area contributed by atoms with Gasteiger partial charge in [-0.3, -0.25) is 0 Å². The van der Waals surface area contributed by atoms with Crippen LogP contribution in [0.5, 0.6) is 0 Å². The van der Waals surface area contributed by atoms with Gasteiger partial charge in [0.05, 0.1) is 10.7 Å². The molecule has 0 spiro atoms. The lowest BCUT2D eigenvalue weighted by molar-refractivity contribution is 0.456. The van der Waals surface area contributed by atoms with Crippen molar-refractivity contribution in [1.82, 2.24) is 14.7 Å². The molecule has 2 aromatic heterocycles. The summed E-state index contributed by atoms with van der Waals surface area (Å²) in [5.74, 6) is 0.532. The molecule has 0 radical (unpaired) electrons. The highest BCUT2D eigenvalue weighted by molar-refractivity contribution is 6.33. The van der Waals surface area contributed by atoms with Crippen molar-refractivity contribution in [1.29, 1.82) is 0 Å². The molecule has 0 aliphatic carbocycles. The van der Waals surface area contributed by atoms with Crippen LogP contribution in [0.4, 0.5) is 0 Å². The van der Waals surface area contributed by atoms with Gasteiger partial charge in [0, 0.05) is 24.9 Å². The second-order valence-corrected chi connectivity index (χ2v) is 4.70. The Morgan fingerprint density at radius 2 is 2.44 bits per heavy atom. The molecule has 1 aliphatic rings. The number of nitrogens with zero attached hydrogens (tertiary/aromatic N) is 2. The number of piperidine rings is 1. The Labute approximate surface area is 99.4 Å². The van der Waals surface area contributed by atoms with E-state index in [0.29, 0.717) is 5.92 Å². The van der Waals surface area contributed by atoms with Crippen LogP contribution in [0.15, 0.2) is 24.5 Å². The number of halogens is 1. The van der Waals surface area contributed by atoms with Gasteiger partial charge in [0.15, 0.2) is 5.65 Å². The summed E-state index contributed by atoms with van der Waals surface area (Å²) in [4.78, 5) is 4.63. The maximum atomic E-state index is 6.11. The third kappa shape index (κ3) is 1.70. The van der Waals surface area contributed by atoms with E-state index in [0.717, 1.165) is 29.5 Å². The van der Waals surface area contributed by atoms with Crippen molar-refractivity contribution in [3.63, 3.8) is 0 Å². The number of hydrogen-bond acceptors (Lipinski definition) is 2. The highest BCUT2D eigenvalue weighted by Gasteiger charge is 2.18. The molecular formula is C12H14ClN3. The molecule has 0 bridgehead atoms. The Bertz CT molecular complexity index is 500. The minimum absolute atomic E-state index is 0.532. The third-order valence-corrected chi connectivity index (χ3v) is 3.46. The zero-order valence-electron chi connectivity index (χ0n) is 8.99. The normalized spacial score (nSPS) is 21.4. The minimum atomic E-state index is 0.532. The van der Waals surface area contributed by atoms with E-state index in [1.807, 2.05) is 22.7 Å². The molecule has 16 heavy (non-hydrogen) atoms. The second kappa shape index (κ2) is 4.07. The van der Waals surface area contributed by atoms with Crippen LogP contribution in [0.2, 0.25) is 5.02 Å². The summed E-state index contributed by atoms with van der Waals surface area (Å²) >= 11 is 6.11. The fraction of sp³-hybridized carbons (Fsp3) is 0.417. The quantitative estimate of drug-likeness (QED) is 0.823. The molecule has 1 atom stereocenters. The highest BCUT2D eigenvalue weighted by Crippen LogP contribution is 2.24. The molecule has 2 aromatic rings. The van der Waals surface area contributed by atoms with Gasteiger partial charge in [-0.1, -0.05) is 11.6 Å². The van der Waals surface area contributed by atoms with Crippen molar-refractivity contribution >= 4 is 17.2 Å². The van der Waals surface area contributed by atoms with Crippen molar-refractivity contribution in [3.05, 3.63) is 35.2 Å². The molecule has 84 valence electrons. The molecule has 1 unspecified atom stereocenters. The molecular weight excluding hydrogens is 222 g/mol. The largest absolute Gasteiger partial charge is 0.316 e. The van der Waals surface area contributed by atoms with Gasteiger partial charge in [0.1, 0.15) is 0 Å². The summed E-state index contributed by atoms with van der Waals surface area (Å²) in [6.07, 6.45) is 6.54. The average Bonchev–Trinajstić information content (AvgIpc) is 2.76. The number of imidazole rings is 1. The topological polar surface area (TPSA) is 29.3 Å². The van der Waals surface area contributed by atoms with Crippen LogP contribution in [0.25, 0.3) is 5.65 Å². The predicted octanol–water partition coefficient (Wildman–Crippen LogP) is 2.45. The van der Waals surface area contributed by atoms with Crippen LogP contribution in [-0.4, -0.2) is 22.5 Å². The molecule has 0 saturated carbocycles. The zero-order chi connectivity index (χ0) is 11.0. The fourth-order valence-corrected chi connectivity index (χ4v) is 2.51. The molecule has 1 fully saturated rings. The van der Waals surface area contributed by atoms with Gasteiger partial charge in [-0.2, -0.15) is 0 Å². The Balaban J connectivity index is 2.01. The van der Waals surface area contributed by atoms with Crippen molar-refractivity contribution in [3.8, 4) is 0 Å². The molecule has 3 nitrogen and oxygen atoms in total. The van der Waals surface area contributed by atoms with E-state index in [1.165, 1.54) is 12.8 Å². The molecule has 4 heteroatoms. The smallest absolute Gasteiger partial charge is 0.155 e. The van der Waals surface area contributed by atoms with Crippen molar-refractivity contribution in [2.24, 2.45) is 0 Å². The van der Waals surface area contributed by atoms with Crippen LogP contribution in [0, 0.1) is 0 Å². The van der Waals surface area contributed by atoms with Gasteiger partial charge in [-0.15, -0.1) is 0 Å². The van der Waals surface area contributed by atoms with E-state index in [4.69, 9.17) is 11.6 Å². The van der Waals surface area contributed by atoms with E-state index in [1.54, 1.807) is 0 Å². The first-order chi connectivity index (χ1) is 7.84. The lowest BCUT2D eigenvalue weighted by Gasteiger charge is -2.20. The summed E-state index contributed by atoms with van der Waals surface area (Å²) in [7, 11) is 0. The van der Waals surface area contributed by atoms with Crippen LogP contribution in [0.1, 0.15) is 24.5 Å². The maximum absolute atomic E-state index is 6.11. The van der Waals surface area contributed by atoms with Crippen LogP contribution in [-0.2, 0) is 0 Å². The summed E-state index contributed by atoms with van der Waals surface area (Å²) < 4.78 is 2.01. The van der Waals surface area contributed by atoms with Gasteiger partial charge in [-0.05, 0) is 31.5 Å². The van der Waals surface area contributed by atoms with Crippen molar-refractivity contribution in [2.75, 3.05) is 13.1 Å². The SMILES string of the molecule is Clc1cccn2cc(C3CCCNC3)nc12. The van der Waals surface area contributed by atoms with E-state index >= 15 is 0 Å². The Morgan fingerprint density at radius 1 is 1.50 bits per heavy atom. The number of aromatic nitrogens is 2. The molecule has 1 N–H and O–H groups in total. The minimum Gasteiger partial charge on any atom is -0.316 e. The Hall–Kier alpha value is -1.06. The Kier molecular flexibility index (Phi) is 2.58. The first kappa shape index (κ1) is 10.1. The summed E-state index contributed by atoms with van der Waals surface area (Å²) in [5, 5.41) is 4.13. The molecule has 1 saturated heterocycles. The molecule has 3 rings (SSSR count). The summed E-state index contributed by atoms with van der Waals surface area (Å²) in [6.45, 7) is 2.16. The summed E-state index contributed by atoms with van der Waals surface area (Å²) in [6, 6.07) is 3.83. The van der Waals surface area contributed by atoms with Gasteiger partial charge in [0.25, 0.3) is 0 Å². The van der Waals surface area contributed by atoms with Gasteiger partial charge in [-0.25, -0.2) is 4.98 Å². The Morgan fingerprint density at radius 3 is 3.19 bits per heavy atom. The van der Waals surface area contributed by atoms with Gasteiger partial charge in [0.2, 0.25) is 0 Å². The lowest BCUT2D eigenvalue weighted by atomic mass is 9.97. The second-order valence-electron chi connectivity index (χ2n) is 4.30. The maximum Gasteiger partial charge on any atom is 0.155 e. The number of hydrogen-bond donors (Lipinski definition) is 1. The molecule has 0 aromatic carbocycles.